The van der Waals surface area contributed by atoms with Crippen LogP contribution in [0.1, 0.15) is 31.2 Å². The van der Waals surface area contributed by atoms with E-state index in [-0.39, 0.29) is 0 Å². The summed E-state index contributed by atoms with van der Waals surface area (Å²) in [6.45, 7) is 6.10. The first-order valence-corrected chi connectivity index (χ1v) is 11.1. The molecule has 0 aromatic heterocycles. The summed E-state index contributed by atoms with van der Waals surface area (Å²) in [6.07, 6.45) is 4.20. The third kappa shape index (κ3) is 8.81. The molecule has 2 rings (SSSR count). The summed E-state index contributed by atoms with van der Waals surface area (Å²) in [5, 5.41) is 2.82. The van der Waals surface area contributed by atoms with Crippen molar-refractivity contribution in [2.45, 2.75) is 32.2 Å². The van der Waals surface area contributed by atoms with E-state index in [0.29, 0.717) is 18.8 Å². The molecule has 168 valence electrons. The Hall–Kier alpha value is -1.96. The molecule has 0 radical (unpaired) electrons. The fourth-order valence-corrected chi connectivity index (χ4v) is 3.75. The Morgan fingerprint density at radius 3 is 2.10 bits per heavy atom. The van der Waals surface area contributed by atoms with Gasteiger partial charge in [-0.25, -0.2) is 0 Å². The number of carbonyl (C=O) groups excluding carboxylic acids is 2. The monoisotopic (exact) mass is 417 g/mol. The molecule has 0 aliphatic carbocycles. The number of hydrogen-bond acceptors (Lipinski definition) is 5. The van der Waals surface area contributed by atoms with E-state index in [9.17, 15) is 9.59 Å². The Morgan fingerprint density at radius 1 is 0.933 bits per heavy atom. The van der Waals surface area contributed by atoms with Crippen molar-refractivity contribution in [1.29, 1.82) is 0 Å². The standard InChI is InChI=1S/C23H39N5O2/c1-25(2)12-8-16-28(17-9-13-26(3)4)23(30)22(29)24-21-11-7-10-20(18-21)19-27-14-5-6-15-27/h7,10-11,18H,5-6,8-9,12-17,19H2,1-4H3,(H,24,29). The van der Waals surface area contributed by atoms with Crippen LogP contribution in [0.25, 0.3) is 0 Å². The van der Waals surface area contributed by atoms with Crippen LogP contribution in [0.4, 0.5) is 5.69 Å². The van der Waals surface area contributed by atoms with Crippen LogP contribution in [0, 0.1) is 0 Å². The van der Waals surface area contributed by atoms with Crippen LogP contribution in [0.3, 0.4) is 0 Å². The predicted molar refractivity (Wildman–Crippen MR) is 123 cm³/mol. The molecule has 0 spiro atoms. The van der Waals surface area contributed by atoms with Gasteiger partial charge in [0.1, 0.15) is 0 Å². The van der Waals surface area contributed by atoms with Crippen LogP contribution in [0.15, 0.2) is 24.3 Å². The Bertz CT molecular complexity index is 657. The van der Waals surface area contributed by atoms with E-state index in [4.69, 9.17) is 0 Å². The largest absolute Gasteiger partial charge is 0.334 e. The molecule has 1 aromatic rings. The number of amides is 2. The zero-order chi connectivity index (χ0) is 21.9. The molecule has 1 aliphatic heterocycles. The Morgan fingerprint density at radius 2 is 1.53 bits per heavy atom. The number of carbonyl (C=O) groups is 2. The van der Waals surface area contributed by atoms with E-state index in [1.807, 2.05) is 46.4 Å². The molecule has 7 heteroatoms. The van der Waals surface area contributed by atoms with Crippen LogP contribution < -0.4 is 5.32 Å². The lowest BCUT2D eigenvalue weighted by atomic mass is 10.2. The molecular weight excluding hydrogens is 378 g/mol. The van der Waals surface area contributed by atoms with Gasteiger partial charge in [-0.1, -0.05) is 12.1 Å². The van der Waals surface area contributed by atoms with Gasteiger partial charge in [0.05, 0.1) is 0 Å². The van der Waals surface area contributed by atoms with Gasteiger partial charge in [0, 0.05) is 25.3 Å². The molecule has 0 bridgehead atoms. The van der Waals surface area contributed by atoms with Crippen LogP contribution in [-0.4, -0.2) is 98.9 Å². The van der Waals surface area contributed by atoms with Gasteiger partial charge >= 0.3 is 11.8 Å². The van der Waals surface area contributed by atoms with Gasteiger partial charge < -0.3 is 20.0 Å². The maximum absolute atomic E-state index is 12.8. The topological polar surface area (TPSA) is 59.1 Å². The molecule has 1 aromatic carbocycles. The van der Waals surface area contributed by atoms with Crippen LogP contribution in [0.2, 0.25) is 0 Å². The number of hydrogen-bond donors (Lipinski definition) is 1. The first-order chi connectivity index (χ1) is 14.3. The van der Waals surface area contributed by atoms with Crippen molar-refractivity contribution in [3.8, 4) is 0 Å². The van der Waals surface area contributed by atoms with E-state index in [0.717, 1.165) is 51.1 Å². The highest BCUT2D eigenvalue weighted by atomic mass is 16.2. The second-order valence-corrected chi connectivity index (χ2v) is 8.74. The van der Waals surface area contributed by atoms with Crippen molar-refractivity contribution < 1.29 is 9.59 Å². The second-order valence-electron chi connectivity index (χ2n) is 8.74. The molecule has 7 nitrogen and oxygen atoms in total. The van der Waals surface area contributed by atoms with Crippen molar-refractivity contribution >= 4 is 17.5 Å². The number of likely N-dealkylation sites (tertiary alicyclic amines) is 1. The number of anilines is 1. The molecule has 0 unspecified atom stereocenters. The fourth-order valence-electron chi connectivity index (χ4n) is 3.75. The Balaban J connectivity index is 1.94. The summed E-state index contributed by atoms with van der Waals surface area (Å²) in [6, 6.07) is 7.84. The van der Waals surface area contributed by atoms with Gasteiger partial charge in [0.25, 0.3) is 0 Å². The molecule has 0 atom stereocenters. The van der Waals surface area contributed by atoms with Crippen molar-refractivity contribution in [3.63, 3.8) is 0 Å². The molecule has 30 heavy (non-hydrogen) atoms. The number of benzene rings is 1. The Kier molecular flexibility index (Phi) is 10.3. The third-order valence-electron chi connectivity index (χ3n) is 5.34. The Labute approximate surface area is 182 Å². The molecule has 1 aliphatic rings. The van der Waals surface area contributed by atoms with Gasteiger partial charge in [-0.15, -0.1) is 0 Å². The zero-order valence-electron chi connectivity index (χ0n) is 19.2. The average molecular weight is 418 g/mol. The maximum atomic E-state index is 12.8. The van der Waals surface area contributed by atoms with Crippen LogP contribution in [0.5, 0.6) is 0 Å². The van der Waals surface area contributed by atoms with Gasteiger partial charge in [0.15, 0.2) is 0 Å². The number of nitrogens with zero attached hydrogens (tertiary/aromatic N) is 4. The highest BCUT2D eigenvalue weighted by Crippen LogP contribution is 2.16. The lowest BCUT2D eigenvalue weighted by Crippen LogP contribution is -2.42. The average Bonchev–Trinajstić information content (AvgIpc) is 3.19. The molecular formula is C23H39N5O2. The lowest BCUT2D eigenvalue weighted by molar-refractivity contribution is -0.143. The van der Waals surface area contributed by atoms with Crippen LogP contribution in [-0.2, 0) is 16.1 Å². The summed E-state index contributed by atoms with van der Waals surface area (Å²) in [5.74, 6) is -1.000. The summed E-state index contributed by atoms with van der Waals surface area (Å²) >= 11 is 0. The summed E-state index contributed by atoms with van der Waals surface area (Å²) < 4.78 is 0. The number of rotatable bonds is 11. The third-order valence-corrected chi connectivity index (χ3v) is 5.34. The summed E-state index contributed by atoms with van der Waals surface area (Å²) in [7, 11) is 8.06. The van der Waals surface area contributed by atoms with Crippen LogP contribution >= 0.6 is 0 Å². The lowest BCUT2D eigenvalue weighted by Gasteiger charge is -2.24. The van der Waals surface area contributed by atoms with E-state index in [2.05, 4.69) is 26.1 Å². The normalized spacial score (nSPS) is 14.5. The van der Waals surface area contributed by atoms with E-state index in [1.165, 1.54) is 12.8 Å². The van der Waals surface area contributed by atoms with Gasteiger partial charge in [-0.05, 0) is 97.7 Å². The molecule has 2 amide bonds. The first-order valence-electron chi connectivity index (χ1n) is 11.1. The molecule has 0 saturated carbocycles. The molecule has 1 N–H and O–H groups in total. The number of nitrogens with one attached hydrogen (secondary N) is 1. The van der Waals surface area contributed by atoms with E-state index in [1.54, 1.807) is 4.90 Å². The smallest absolute Gasteiger partial charge is 0.313 e. The van der Waals surface area contributed by atoms with Crippen molar-refractivity contribution in [3.05, 3.63) is 29.8 Å². The van der Waals surface area contributed by atoms with E-state index < -0.39 is 11.8 Å². The van der Waals surface area contributed by atoms with Crippen molar-refractivity contribution in [2.75, 3.05) is 72.8 Å². The SMILES string of the molecule is CN(C)CCCN(CCCN(C)C)C(=O)C(=O)Nc1cccc(CN2CCCC2)c1. The van der Waals surface area contributed by atoms with Gasteiger partial charge in [-0.3, -0.25) is 14.5 Å². The highest BCUT2D eigenvalue weighted by molar-refractivity contribution is 6.39. The second kappa shape index (κ2) is 12.7. The minimum absolute atomic E-state index is 0.447. The zero-order valence-corrected chi connectivity index (χ0v) is 19.2. The molecule has 1 heterocycles. The van der Waals surface area contributed by atoms with E-state index >= 15 is 0 Å². The maximum Gasteiger partial charge on any atom is 0.313 e. The fraction of sp³-hybridized carbons (Fsp3) is 0.652. The van der Waals surface area contributed by atoms with Crippen molar-refractivity contribution in [1.82, 2.24) is 19.6 Å². The van der Waals surface area contributed by atoms with Gasteiger partial charge in [0.2, 0.25) is 0 Å². The minimum atomic E-state index is -0.553. The predicted octanol–water partition coefficient (Wildman–Crippen LogP) is 1.95. The molecule has 1 fully saturated rings. The van der Waals surface area contributed by atoms with Crippen molar-refractivity contribution in [2.24, 2.45) is 0 Å². The van der Waals surface area contributed by atoms with Gasteiger partial charge in [-0.2, -0.15) is 0 Å². The minimum Gasteiger partial charge on any atom is -0.334 e. The quantitative estimate of drug-likeness (QED) is 0.558. The first kappa shape index (κ1) is 24.3. The summed E-state index contributed by atoms with van der Waals surface area (Å²) in [5.41, 5.74) is 1.85. The highest BCUT2D eigenvalue weighted by Gasteiger charge is 2.22. The molecule has 1 saturated heterocycles. The summed E-state index contributed by atoms with van der Waals surface area (Å²) in [4.78, 5) is 33.8.